The number of nitrogens with zero attached hydrogens (tertiary/aromatic N) is 4. The van der Waals surface area contributed by atoms with Gasteiger partial charge in [0.2, 0.25) is 0 Å². The lowest BCUT2D eigenvalue weighted by molar-refractivity contribution is 0.388. The Bertz CT molecular complexity index is 1380. The SMILES string of the molecule is Cc1ccc2ccccc2c1-c1cnc2c(-c3noc(=O)[nH]3)cnn2c1N. The Morgan fingerprint density at radius 1 is 1.11 bits per heavy atom. The molecule has 0 unspecified atom stereocenters. The lowest BCUT2D eigenvalue weighted by Gasteiger charge is -2.13. The fraction of sp³-hybridized carbons (Fsp3) is 0.0526. The van der Waals surface area contributed by atoms with Crippen molar-refractivity contribution in [2.24, 2.45) is 0 Å². The molecule has 5 aromatic rings. The molecule has 3 heterocycles. The third kappa shape index (κ3) is 2.23. The number of benzene rings is 2. The number of hydrogen-bond acceptors (Lipinski definition) is 6. The van der Waals surface area contributed by atoms with Gasteiger partial charge in [0.15, 0.2) is 11.5 Å². The van der Waals surface area contributed by atoms with E-state index >= 15 is 0 Å². The average Bonchev–Trinajstić information content (AvgIpc) is 3.29. The molecule has 0 aliphatic rings. The molecule has 0 saturated carbocycles. The summed E-state index contributed by atoms with van der Waals surface area (Å²) in [6.45, 7) is 2.04. The van der Waals surface area contributed by atoms with Crippen molar-refractivity contribution in [1.82, 2.24) is 24.7 Å². The van der Waals surface area contributed by atoms with E-state index in [9.17, 15) is 4.79 Å². The molecule has 5 rings (SSSR count). The molecular weight excluding hydrogens is 344 g/mol. The first-order chi connectivity index (χ1) is 13.1. The first-order valence-electron chi connectivity index (χ1n) is 8.31. The van der Waals surface area contributed by atoms with Crippen molar-refractivity contribution in [3.63, 3.8) is 0 Å². The van der Waals surface area contributed by atoms with Crippen LogP contribution in [0.25, 0.3) is 38.9 Å². The third-order valence-electron chi connectivity index (χ3n) is 4.67. The lowest BCUT2D eigenvalue weighted by atomic mass is 9.95. The summed E-state index contributed by atoms with van der Waals surface area (Å²) in [6, 6.07) is 12.3. The molecule has 0 atom stereocenters. The molecule has 0 spiro atoms. The number of nitrogens with two attached hydrogens (primary N) is 1. The Kier molecular flexibility index (Phi) is 3.14. The van der Waals surface area contributed by atoms with E-state index in [0.29, 0.717) is 17.0 Å². The number of hydrogen-bond donors (Lipinski definition) is 2. The van der Waals surface area contributed by atoms with Gasteiger partial charge in [0.25, 0.3) is 0 Å². The third-order valence-corrected chi connectivity index (χ3v) is 4.67. The van der Waals surface area contributed by atoms with Crippen molar-refractivity contribution in [3.05, 3.63) is 64.9 Å². The molecule has 0 radical (unpaired) electrons. The van der Waals surface area contributed by atoms with Crippen LogP contribution >= 0.6 is 0 Å². The number of H-pyrrole nitrogens is 1. The molecule has 0 fully saturated rings. The monoisotopic (exact) mass is 358 g/mol. The summed E-state index contributed by atoms with van der Waals surface area (Å²) in [4.78, 5) is 18.3. The van der Waals surface area contributed by atoms with Crippen LogP contribution in [0.15, 0.2) is 58.1 Å². The zero-order valence-corrected chi connectivity index (χ0v) is 14.3. The van der Waals surface area contributed by atoms with Crippen LogP contribution in [0.1, 0.15) is 5.56 Å². The number of aromatic amines is 1. The summed E-state index contributed by atoms with van der Waals surface area (Å²) in [7, 11) is 0. The van der Waals surface area contributed by atoms with Gasteiger partial charge in [0.05, 0.1) is 11.8 Å². The van der Waals surface area contributed by atoms with Crippen LogP contribution < -0.4 is 11.5 Å². The summed E-state index contributed by atoms with van der Waals surface area (Å²) < 4.78 is 6.11. The molecule has 3 aromatic heterocycles. The van der Waals surface area contributed by atoms with Gasteiger partial charge >= 0.3 is 5.76 Å². The van der Waals surface area contributed by atoms with Gasteiger partial charge in [-0.3, -0.25) is 9.51 Å². The fourth-order valence-electron chi connectivity index (χ4n) is 3.39. The first-order valence-corrected chi connectivity index (χ1v) is 8.31. The lowest BCUT2D eigenvalue weighted by Crippen LogP contribution is -2.04. The molecule has 2 aromatic carbocycles. The highest BCUT2D eigenvalue weighted by Crippen LogP contribution is 2.35. The molecule has 0 aliphatic carbocycles. The predicted octanol–water partition coefficient (Wildman–Crippen LogP) is 2.78. The van der Waals surface area contributed by atoms with Crippen LogP contribution in [0.2, 0.25) is 0 Å². The van der Waals surface area contributed by atoms with E-state index in [2.05, 4.69) is 49.0 Å². The standard InChI is InChI=1S/C19H14N6O2/c1-10-6-7-11-4-2-3-5-12(11)15(10)13-8-21-18-14(9-22-25(18)16(13)20)17-23-19(26)27-24-17/h2-9H,20H2,1H3,(H,23,24,26). The normalized spacial score (nSPS) is 11.4. The summed E-state index contributed by atoms with van der Waals surface area (Å²) in [5, 5.41) is 10.2. The Morgan fingerprint density at radius 2 is 1.96 bits per heavy atom. The molecule has 132 valence electrons. The summed E-state index contributed by atoms with van der Waals surface area (Å²) in [5.74, 6) is 0.0767. The van der Waals surface area contributed by atoms with Crippen LogP contribution in [0, 0.1) is 6.92 Å². The Hall–Kier alpha value is -3.94. The second-order valence-corrected chi connectivity index (χ2v) is 6.27. The molecule has 0 bridgehead atoms. The van der Waals surface area contributed by atoms with Gasteiger partial charge < -0.3 is 5.73 Å². The van der Waals surface area contributed by atoms with Crippen LogP contribution in [-0.4, -0.2) is 24.7 Å². The topological polar surface area (TPSA) is 115 Å². The van der Waals surface area contributed by atoms with Gasteiger partial charge in [0, 0.05) is 11.8 Å². The van der Waals surface area contributed by atoms with Crippen molar-refractivity contribution in [3.8, 4) is 22.5 Å². The minimum Gasteiger partial charge on any atom is -0.383 e. The summed E-state index contributed by atoms with van der Waals surface area (Å²) in [5.41, 5.74) is 10.4. The van der Waals surface area contributed by atoms with E-state index in [1.54, 1.807) is 16.9 Å². The highest BCUT2D eigenvalue weighted by Gasteiger charge is 2.18. The Balaban J connectivity index is 1.78. The van der Waals surface area contributed by atoms with Gasteiger partial charge in [-0.05, 0) is 28.8 Å². The molecule has 0 amide bonds. The summed E-state index contributed by atoms with van der Waals surface area (Å²) >= 11 is 0. The number of aromatic nitrogens is 5. The minimum atomic E-state index is -0.639. The maximum atomic E-state index is 11.2. The number of aryl methyl sites for hydroxylation is 1. The van der Waals surface area contributed by atoms with Crippen LogP contribution in [0.3, 0.4) is 0 Å². The van der Waals surface area contributed by atoms with E-state index in [1.807, 2.05) is 19.1 Å². The van der Waals surface area contributed by atoms with Gasteiger partial charge in [-0.1, -0.05) is 41.6 Å². The van der Waals surface area contributed by atoms with E-state index < -0.39 is 5.76 Å². The molecule has 8 heteroatoms. The number of rotatable bonds is 2. The fourth-order valence-corrected chi connectivity index (χ4v) is 3.39. The molecule has 3 N–H and O–H groups in total. The molecule has 8 nitrogen and oxygen atoms in total. The van der Waals surface area contributed by atoms with Gasteiger partial charge in [-0.25, -0.2) is 9.78 Å². The number of nitrogen functional groups attached to an aromatic ring is 1. The van der Waals surface area contributed by atoms with E-state index in [4.69, 9.17) is 5.73 Å². The predicted molar refractivity (Wildman–Crippen MR) is 101 cm³/mol. The number of nitrogens with one attached hydrogen (secondary N) is 1. The number of anilines is 1. The quantitative estimate of drug-likeness (QED) is 0.501. The second-order valence-electron chi connectivity index (χ2n) is 6.27. The minimum absolute atomic E-state index is 0.260. The summed E-state index contributed by atoms with van der Waals surface area (Å²) in [6.07, 6.45) is 3.27. The Morgan fingerprint density at radius 3 is 2.78 bits per heavy atom. The average molecular weight is 358 g/mol. The molecule has 0 aliphatic heterocycles. The van der Waals surface area contributed by atoms with Crippen molar-refractivity contribution in [2.75, 3.05) is 5.73 Å². The Labute approximate surface area is 152 Å². The van der Waals surface area contributed by atoms with Crippen LogP contribution in [0.5, 0.6) is 0 Å². The molecule has 27 heavy (non-hydrogen) atoms. The van der Waals surface area contributed by atoms with Gasteiger partial charge in [-0.2, -0.15) is 9.61 Å². The van der Waals surface area contributed by atoms with Crippen LogP contribution in [-0.2, 0) is 0 Å². The maximum absolute atomic E-state index is 11.2. The van der Waals surface area contributed by atoms with Crippen molar-refractivity contribution in [1.29, 1.82) is 0 Å². The van der Waals surface area contributed by atoms with E-state index in [0.717, 1.165) is 27.5 Å². The van der Waals surface area contributed by atoms with Crippen LogP contribution in [0.4, 0.5) is 5.82 Å². The highest BCUT2D eigenvalue weighted by atomic mass is 16.5. The zero-order chi connectivity index (χ0) is 18.5. The number of fused-ring (bicyclic) bond motifs is 2. The maximum Gasteiger partial charge on any atom is 0.439 e. The first kappa shape index (κ1) is 15.3. The second kappa shape index (κ2) is 5.53. The molecular formula is C19H14N6O2. The highest BCUT2D eigenvalue weighted by molar-refractivity contribution is 6.00. The van der Waals surface area contributed by atoms with Gasteiger partial charge in [0.1, 0.15) is 5.82 Å². The van der Waals surface area contributed by atoms with Crippen molar-refractivity contribution >= 4 is 22.2 Å². The molecule has 0 saturated heterocycles. The van der Waals surface area contributed by atoms with Gasteiger partial charge in [-0.15, -0.1) is 0 Å². The van der Waals surface area contributed by atoms with Crippen molar-refractivity contribution < 1.29 is 4.52 Å². The van der Waals surface area contributed by atoms with Crippen molar-refractivity contribution in [2.45, 2.75) is 6.92 Å². The smallest absolute Gasteiger partial charge is 0.383 e. The zero-order valence-electron chi connectivity index (χ0n) is 14.3. The van der Waals surface area contributed by atoms with E-state index in [1.165, 1.54) is 0 Å². The van der Waals surface area contributed by atoms with E-state index in [-0.39, 0.29) is 5.82 Å². The largest absolute Gasteiger partial charge is 0.439 e.